The topological polar surface area (TPSA) is 40.6 Å². The molecule has 0 bridgehead atoms. The van der Waals surface area contributed by atoms with Crippen molar-refractivity contribution in [3.63, 3.8) is 0 Å². The second-order valence-electron chi connectivity index (χ2n) is 8.67. The number of hydrogen-bond acceptors (Lipinski definition) is 2. The summed E-state index contributed by atoms with van der Waals surface area (Å²) in [5.74, 6) is 0.216. The van der Waals surface area contributed by atoms with Gasteiger partial charge in [0.05, 0.1) is 6.04 Å². The zero-order chi connectivity index (χ0) is 22.2. The van der Waals surface area contributed by atoms with Crippen LogP contribution in [0.5, 0.6) is 0 Å². The van der Waals surface area contributed by atoms with Gasteiger partial charge in [0.2, 0.25) is 11.8 Å². The van der Waals surface area contributed by atoms with Crippen LogP contribution in [0.1, 0.15) is 83.7 Å². The molecule has 2 aromatic carbocycles. The molecule has 4 nitrogen and oxygen atoms in total. The van der Waals surface area contributed by atoms with E-state index in [0.717, 1.165) is 36.2 Å². The Labute approximate surface area is 187 Å². The van der Waals surface area contributed by atoms with Crippen molar-refractivity contribution in [2.75, 3.05) is 9.80 Å². The van der Waals surface area contributed by atoms with Crippen LogP contribution in [0.4, 0.5) is 11.4 Å². The van der Waals surface area contributed by atoms with Crippen LogP contribution >= 0.6 is 0 Å². The van der Waals surface area contributed by atoms with Crippen molar-refractivity contribution in [1.29, 1.82) is 0 Å². The van der Waals surface area contributed by atoms with Gasteiger partial charge in [-0.05, 0) is 43.5 Å². The predicted molar refractivity (Wildman–Crippen MR) is 128 cm³/mol. The van der Waals surface area contributed by atoms with E-state index in [1.54, 1.807) is 6.92 Å². The molecule has 0 aliphatic carbocycles. The van der Waals surface area contributed by atoms with Gasteiger partial charge in [0.25, 0.3) is 0 Å². The lowest BCUT2D eigenvalue weighted by Gasteiger charge is -2.43. The smallest absolute Gasteiger partial charge is 0.227 e. The third kappa shape index (κ3) is 5.55. The molecule has 0 saturated carbocycles. The first-order valence-corrected chi connectivity index (χ1v) is 11.8. The van der Waals surface area contributed by atoms with Gasteiger partial charge in [-0.3, -0.25) is 9.59 Å². The minimum Gasteiger partial charge on any atom is -0.309 e. The zero-order valence-corrected chi connectivity index (χ0v) is 19.2. The standard InChI is InChI=1S/C27H36N2O2/c1-4-5-6-7-8-12-19-27(31)28-21(2)20-26(24-17-13-14-18-25(24)28)29(22(3)30)23-15-10-9-11-16-23/h9-11,13-18,21,26H,4-8,12,19-20H2,1-3H3/t21-,26+/m1/s1. The minimum atomic E-state index is -0.0795. The molecule has 1 aliphatic heterocycles. The average Bonchev–Trinajstić information content (AvgIpc) is 2.76. The van der Waals surface area contributed by atoms with Gasteiger partial charge >= 0.3 is 0 Å². The highest BCUT2D eigenvalue weighted by Gasteiger charge is 2.37. The number of carbonyl (C=O) groups excluding carboxylic acids is 2. The number of carbonyl (C=O) groups is 2. The lowest BCUT2D eigenvalue weighted by atomic mass is 9.89. The van der Waals surface area contributed by atoms with E-state index in [9.17, 15) is 9.59 Å². The molecule has 0 fully saturated rings. The van der Waals surface area contributed by atoms with Crippen LogP contribution < -0.4 is 9.80 Å². The molecule has 0 saturated heterocycles. The molecule has 2 aromatic rings. The second kappa shape index (κ2) is 11.1. The summed E-state index contributed by atoms with van der Waals surface area (Å²) in [6.07, 6.45) is 8.36. The molecule has 4 heteroatoms. The summed E-state index contributed by atoms with van der Waals surface area (Å²) in [5.41, 5.74) is 2.90. The van der Waals surface area contributed by atoms with Crippen molar-refractivity contribution in [2.24, 2.45) is 0 Å². The quantitative estimate of drug-likeness (QED) is 0.426. The summed E-state index contributed by atoms with van der Waals surface area (Å²) in [5, 5.41) is 0. The fourth-order valence-corrected chi connectivity index (χ4v) is 4.75. The third-order valence-corrected chi connectivity index (χ3v) is 6.26. The number of benzene rings is 2. The summed E-state index contributed by atoms with van der Waals surface area (Å²) >= 11 is 0. The first kappa shape index (κ1) is 23.1. The number of para-hydroxylation sites is 2. The Hall–Kier alpha value is -2.62. The highest BCUT2D eigenvalue weighted by molar-refractivity contribution is 5.97. The molecular formula is C27H36N2O2. The number of fused-ring (bicyclic) bond motifs is 1. The molecule has 31 heavy (non-hydrogen) atoms. The van der Waals surface area contributed by atoms with E-state index in [0.29, 0.717) is 6.42 Å². The Morgan fingerprint density at radius 2 is 1.58 bits per heavy atom. The summed E-state index contributed by atoms with van der Waals surface area (Å²) in [4.78, 5) is 29.7. The number of rotatable bonds is 9. The largest absolute Gasteiger partial charge is 0.309 e. The van der Waals surface area contributed by atoms with E-state index in [-0.39, 0.29) is 23.9 Å². The van der Waals surface area contributed by atoms with Crippen LogP contribution in [-0.4, -0.2) is 17.9 Å². The van der Waals surface area contributed by atoms with Crippen LogP contribution in [0.15, 0.2) is 54.6 Å². The second-order valence-corrected chi connectivity index (χ2v) is 8.67. The highest BCUT2D eigenvalue weighted by atomic mass is 16.2. The Morgan fingerprint density at radius 1 is 0.935 bits per heavy atom. The monoisotopic (exact) mass is 420 g/mol. The van der Waals surface area contributed by atoms with E-state index in [4.69, 9.17) is 0 Å². The lowest BCUT2D eigenvalue weighted by molar-refractivity contribution is -0.119. The first-order chi connectivity index (χ1) is 15.0. The molecule has 1 aliphatic rings. The summed E-state index contributed by atoms with van der Waals surface area (Å²) in [6.45, 7) is 5.94. The molecule has 0 spiro atoms. The van der Waals surface area contributed by atoms with Gasteiger partial charge in [-0.25, -0.2) is 0 Å². The van der Waals surface area contributed by atoms with Crippen LogP contribution in [0.3, 0.4) is 0 Å². The number of amides is 2. The average molecular weight is 421 g/mol. The summed E-state index contributed by atoms with van der Waals surface area (Å²) < 4.78 is 0. The zero-order valence-electron chi connectivity index (χ0n) is 19.2. The number of nitrogens with zero attached hydrogens (tertiary/aromatic N) is 2. The van der Waals surface area contributed by atoms with Crippen LogP contribution in [0, 0.1) is 0 Å². The molecular weight excluding hydrogens is 384 g/mol. The molecule has 166 valence electrons. The van der Waals surface area contributed by atoms with Crippen molar-refractivity contribution in [1.82, 2.24) is 0 Å². The van der Waals surface area contributed by atoms with Crippen molar-refractivity contribution < 1.29 is 9.59 Å². The van der Waals surface area contributed by atoms with Gasteiger partial charge in [-0.15, -0.1) is 0 Å². The molecule has 3 rings (SSSR count). The predicted octanol–water partition coefficient (Wildman–Crippen LogP) is 6.66. The van der Waals surface area contributed by atoms with Crippen LogP contribution in [-0.2, 0) is 9.59 Å². The molecule has 0 N–H and O–H groups in total. The highest BCUT2D eigenvalue weighted by Crippen LogP contribution is 2.42. The lowest BCUT2D eigenvalue weighted by Crippen LogP contribution is -2.47. The van der Waals surface area contributed by atoms with Gasteiger partial charge in [0.15, 0.2) is 0 Å². The number of hydrogen-bond donors (Lipinski definition) is 0. The molecule has 1 heterocycles. The number of anilines is 2. The molecule has 0 aromatic heterocycles. The SMILES string of the molecule is CCCCCCCCC(=O)N1c2ccccc2[C@@H](N(C(C)=O)c2ccccc2)C[C@H]1C. The van der Waals surface area contributed by atoms with Gasteiger partial charge in [-0.1, -0.05) is 75.4 Å². The van der Waals surface area contributed by atoms with Gasteiger partial charge in [-0.2, -0.15) is 0 Å². The van der Waals surface area contributed by atoms with Gasteiger partial charge < -0.3 is 9.80 Å². The first-order valence-electron chi connectivity index (χ1n) is 11.8. The van der Waals surface area contributed by atoms with Crippen molar-refractivity contribution in [2.45, 2.75) is 84.2 Å². The van der Waals surface area contributed by atoms with Gasteiger partial charge in [0, 0.05) is 30.8 Å². The van der Waals surface area contributed by atoms with E-state index in [1.165, 1.54) is 25.7 Å². The minimum absolute atomic E-state index is 0.0186. The van der Waals surface area contributed by atoms with E-state index in [1.807, 2.05) is 58.3 Å². The van der Waals surface area contributed by atoms with E-state index in [2.05, 4.69) is 19.9 Å². The van der Waals surface area contributed by atoms with Crippen LogP contribution in [0.2, 0.25) is 0 Å². The number of unbranched alkanes of at least 4 members (excludes halogenated alkanes) is 5. The Kier molecular flexibility index (Phi) is 8.27. The van der Waals surface area contributed by atoms with Crippen molar-refractivity contribution in [3.8, 4) is 0 Å². The Balaban J connectivity index is 1.80. The molecule has 0 unspecified atom stereocenters. The maximum absolute atomic E-state index is 13.2. The van der Waals surface area contributed by atoms with Crippen LogP contribution in [0.25, 0.3) is 0 Å². The van der Waals surface area contributed by atoms with E-state index >= 15 is 0 Å². The Morgan fingerprint density at radius 3 is 2.29 bits per heavy atom. The maximum Gasteiger partial charge on any atom is 0.227 e. The fourth-order valence-electron chi connectivity index (χ4n) is 4.75. The summed E-state index contributed by atoms with van der Waals surface area (Å²) in [6, 6.07) is 17.9. The third-order valence-electron chi connectivity index (χ3n) is 6.26. The van der Waals surface area contributed by atoms with E-state index < -0.39 is 0 Å². The molecule has 2 atom stereocenters. The Bertz CT molecular complexity index is 865. The van der Waals surface area contributed by atoms with Gasteiger partial charge in [0.1, 0.15) is 0 Å². The normalized spacial score (nSPS) is 17.8. The summed E-state index contributed by atoms with van der Waals surface area (Å²) in [7, 11) is 0. The molecule has 2 amide bonds. The molecule has 0 radical (unpaired) electrons. The fraction of sp³-hybridized carbons (Fsp3) is 0.481. The van der Waals surface area contributed by atoms with Crippen molar-refractivity contribution in [3.05, 3.63) is 60.2 Å². The van der Waals surface area contributed by atoms with Crippen molar-refractivity contribution >= 4 is 23.2 Å². The maximum atomic E-state index is 13.2.